The number of aliphatic hydroxyl groups is 1. The average molecular weight is 272 g/mol. The van der Waals surface area contributed by atoms with Gasteiger partial charge in [-0.1, -0.05) is 30.3 Å². The van der Waals surface area contributed by atoms with Crippen molar-refractivity contribution >= 4 is 11.4 Å². The SMILES string of the molecule is O=[N+]([O-])c1ccc(CN(CCO)c2ccccc2)cc1. The molecule has 0 atom stereocenters. The molecule has 0 radical (unpaired) electrons. The van der Waals surface area contributed by atoms with E-state index in [4.69, 9.17) is 5.11 Å². The van der Waals surface area contributed by atoms with E-state index in [2.05, 4.69) is 0 Å². The van der Waals surface area contributed by atoms with Crippen LogP contribution in [0.15, 0.2) is 54.6 Å². The van der Waals surface area contributed by atoms with Gasteiger partial charge in [0.25, 0.3) is 5.69 Å². The molecule has 0 heterocycles. The first-order valence-electron chi connectivity index (χ1n) is 6.35. The molecule has 0 aliphatic carbocycles. The monoisotopic (exact) mass is 272 g/mol. The minimum absolute atomic E-state index is 0.0574. The minimum atomic E-state index is -0.410. The summed E-state index contributed by atoms with van der Waals surface area (Å²) in [5.41, 5.74) is 2.06. The zero-order valence-electron chi connectivity index (χ0n) is 11.0. The van der Waals surface area contributed by atoms with Crippen molar-refractivity contribution in [1.82, 2.24) is 0 Å². The number of para-hydroxylation sites is 1. The largest absolute Gasteiger partial charge is 0.395 e. The normalized spacial score (nSPS) is 10.2. The standard InChI is InChI=1S/C15H16N2O3/c18-11-10-16(14-4-2-1-3-5-14)12-13-6-8-15(9-7-13)17(19)20/h1-9,18H,10-12H2. The van der Waals surface area contributed by atoms with Gasteiger partial charge in [0.05, 0.1) is 11.5 Å². The van der Waals surface area contributed by atoms with E-state index in [1.807, 2.05) is 35.2 Å². The topological polar surface area (TPSA) is 66.6 Å². The smallest absolute Gasteiger partial charge is 0.269 e. The Morgan fingerprint density at radius 3 is 2.25 bits per heavy atom. The molecule has 5 nitrogen and oxygen atoms in total. The number of hydrogen-bond donors (Lipinski definition) is 1. The molecule has 0 bridgehead atoms. The summed E-state index contributed by atoms with van der Waals surface area (Å²) < 4.78 is 0. The number of hydrogen-bond acceptors (Lipinski definition) is 4. The highest BCUT2D eigenvalue weighted by Crippen LogP contribution is 2.18. The van der Waals surface area contributed by atoms with Crippen molar-refractivity contribution in [2.24, 2.45) is 0 Å². The molecule has 104 valence electrons. The van der Waals surface area contributed by atoms with Crippen molar-refractivity contribution in [3.63, 3.8) is 0 Å². The Morgan fingerprint density at radius 1 is 1.05 bits per heavy atom. The highest BCUT2D eigenvalue weighted by molar-refractivity contribution is 5.47. The summed E-state index contributed by atoms with van der Waals surface area (Å²) in [5.74, 6) is 0. The molecular formula is C15H16N2O3. The second kappa shape index (κ2) is 6.68. The van der Waals surface area contributed by atoms with Gasteiger partial charge in [-0.2, -0.15) is 0 Å². The van der Waals surface area contributed by atoms with Gasteiger partial charge < -0.3 is 10.0 Å². The number of nitrogens with zero attached hydrogens (tertiary/aromatic N) is 2. The van der Waals surface area contributed by atoms with Crippen LogP contribution in [0.4, 0.5) is 11.4 Å². The molecule has 0 aliphatic rings. The average Bonchev–Trinajstić information content (AvgIpc) is 2.48. The highest BCUT2D eigenvalue weighted by atomic mass is 16.6. The quantitative estimate of drug-likeness (QED) is 0.648. The van der Waals surface area contributed by atoms with Crippen LogP contribution in [-0.4, -0.2) is 23.2 Å². The molecule has 2 rings (SSSR count). The number of anilines is 1. The van der Waals surface area contributed by atoms with Gasteiger partial charge in [-0.15, -0.1) is 0 Å². The number of nitro benzene ring substituents is 1. The predicted octanol–water partition coefficient (Wildman–Crippen LogP) is 2.59. The molecule has 0 unspecified atom stereocenters. The molecule has 0 aromatic heterocycles. The molecular weight excluding hydrogens is 256 g/mol. The van der Waals surface area contributed by atoms with Crippen molar-refractivity contribution in [1.29, 1.82) is 0 Å². The van der Waals surface area contributed by atoms with Gasteiger partial charge in [-0.25, -0.2) is 0 Å². The maximum Gasteiger partial charge on any atom is 0.269 e. The van der Waals surface area contributed by atoms with E-state index < -0.39 is 4.92 Å². The van der Waals surface area contributed by atoms with Gasteiger partial charge in [-0.3, -0.25) is 10.1 Å². The first-order chi connectivity index (χ1) is 9.70. The Labute approximate surface area is 117 Å². The first-order valence-corrected chi connectivity index (χ1v) is 6.35. The third kappa shape index (κ3) is 3.55. The first kappa shape index (κ1) is 14.0. The number of rotatable bonds is 6. The lowest BCUT2D eigenvalue weighted by molar-refractivity contribution is -0.384. The maximum atomic E-state index is 10.6. The predicted molar refractivity (Wildman–Crippen MR) is 77.7 cm³/mol. The molecule has 5 heteroatoms. The van der Waals surface area contributed by atoms with Crippen LogP contribution >= 0.6 is 0 Å². The van der Waals surface area contributed by atoms with Gasteiger partial charge in [0.2, 0.25) is 0 Å². The third-order valence-corrected chi connectivity index (χ3v) is 3.01. The van der Waals surface area contributed by atoms with Gasteiger partial charge in [0.1, 0.15) is 0 Å². The van der Waals surface area contributed by atoms with Crippen molar-refractivity contribution in [2.45, 2.75) is 6.54 Å². The summed E-state index contributed by atoms with van der Waals surface area (Å²) in [6.45, 7) is 1.17. The summed E-state index contributed by atoms with van der Waals surface area (Å²) in [6, 6.07) is 16.2. The molecule has 0 amide bonds. The van der Waals surface area contributed by atoms with Gasteiger partial charge in [0, 0.05) is 30.9 Å². The Bertz CT molecular complexity index is 555. The number of non-ortho nitro benzene ring substituents is 1. The van der Waals surface area contributed by atoms with Crippen molar-refractivity contribution in [2.75, 3.05) is 18.1 Å². The van der Waals surface area contributed by atoms with E-state index in [-0.39, 0.29) is 12.3 Å². The van der Waals surface area contributed by atoms with Gasteiger partial charge in [-0.05, 0) is 17.7 Å². The van der Waals surface area contributed by atoms with E-state index in [0.29, 0.717) is 13.1 Å². The number of nitro groups is 1. The molecule has 1 N–H and O–H groups in total. The Hall–Kier alpha value is -2.40. The molecule has 0 spiro atoms. The lowest BCUT2D eigenvalue weighted by Crippen LogP contribution is -2.25. The molecule has 20 heavy (non-hydrogen) atoms. The molecule has 0 saturated carbocycles. The van der Waals surface area contributed by atoms with Crippen LogP contribution in [0.5, 0.6) is 0 Å². The fourth-order valence-electron chi connectivity index (χ4n) is 2.00. The summed E-state index contributed by atoms with van der Waals surface area (Å²) in [6.07, 6.45) is 0. The van der Waals surface area contributed by atoms with Gasteiger partial charge in [0.15, 0.2) is 0 Å². The van der Waals surface area contributed by atoms with E-state index in [9.17, 15) is 10.1 Å². The van der Waals surface area contributed by atoms with Crippen molar-refractivity contribution < 1.29 is 10.0 Å². The van der Waals surface area contributed by atoms with Crippen LogP contribution in [0.3, 0.4) is 0 Å². The van der Waals surface area contributed by atoms with Crippen molar-refractivity contribution in [3.05, 3.63) is 70.3 Å². The summed E-state index contributed by atoms with van der Waals surface area (Å²) in [5, 5.41) is 19.8. The van der Waals surface area contributed by atoms with Crippen LogP contribution in [0.25, 0.3) is 0 Å². The Balaban J connectivity index is 2.14. The summed E-state index contributed by atoms with van der Waals surface area (Å²) >= 11 is 0. The maximum absolute atomic E-state index is 10.6. The van der Waals surface area contributed by atoms with Gasteiger partial charge >= 0.3 is 0 Å². The van der Waals surface area contributed by atoms with Crippen molar-refractivity contribution in [3.8, 4) is 0 Å². The van der Waals surface area contributed by atoms with Crippen LogP contribution < -0.4 is 4.90 Å². The van der Waals surface area contributed by atoms with E-state index in [1.54, 1.807) is 12.1 Å². The van der Waals surface area contributed by atoms with E-state index in [1.165, 1.54) is 12.1 Å². The second-order valence-electron chi connectivity index (χ2n) is 4.40. The molecule has 0 aliphatic heterocycles. The van der Waals surface area contributed by atoms with E-state index in [0.717, 1.165) is 11.3 Å². The lowest BCUT2D eigenvalue weighted by atomic mass is 10.2. The molecule has 0 fully saturated rings. The van der Waals surface area contributed by atoms with Crippen LogP contribution in [-0.2, 0) is 6.54 Å². The van der Waals surface area contributed by atoms with E-state index >= 15 is 0 Å². The lowest BCUT2D eigenvalue weighted by Gasteiger charge is -2.24. The van der Waals surface area contributed by atoms with Crippen LogP contribution in [0.2, 0.25) is 0 Å². The highest BCUT2D eigenvalue weighted by Gasteiger charge is 2.08. The fraction of sp³-hybridized carbons (Fsp3) is 0.200. The zero-order chi connectivity index (χ0) is 14.4. The fourth-order valence-corrected chi connectivity index (χ4v) is 2.00. The molecule has 0 saturated heterocycles. The minimum Gasteiger partial charge on any atom is -0.395 e. The number of benzene rings is 2. The Morgan fingerprint density at radius 2 is 1.70 bits per heavy atom. The Kier molecular flexibility index (Phi) is 4.68. The molecule has 2 aromatic rings. The van der Waals surface area contributed by atoms with Crippen LogP contribution in [0.1, 0.15) is 5.56 Å². The zero-order valence-corrected chi connectivity index (χ0v) is 11.0. The number of aliphatic hydroxyl groups excluding tert-OH is 1. The summed E-state index contributed by atoms with van der Waals surface area (Å²) in [4.78, 5) is 12.2. The summed E-state index contributed by atoms with van der Waals surface area (Å²) in [7, 11) is 0. The van der Waals surface area contributed by atoms with Crippen LogP contribution in [0, 0.1) is 10.1 Å². The molecule has 2 aromatic carbocycles. The second-order valence-corrected chi connectivity index (χ2v) is 4.40. The third-order valence-electron chi connectivity index (χ3n) is 3.01.